The van der Waals surface area contributed by atoms with Gasteiger partial charge in [0.2, 0.25) is 4.67 Å². The molecule has 2 nitrogen and oxygen atoms in total. The first-order chi connectivity index (χ1) is 9.03. The Kier molecular flexibility index (Phi) is 3.75. The van der Waals surface area contributed by atoms with Crippen molar-refractivity contribution in [1.82, 2.24) is 0 Å². The highest BCUT2D eigenvalue weighted by atomic mass is 79.9. The van der Waals surface area contributed by atoms with Crippen LogP contribution < -0.4 is 4.43 Å². The van der Waals surface area contributed by atoms with Crippen LogP contribution in [0.1, 0.15) is 20.8 Å². The zero-order valence-electron chi connectivity index (χ0n) is 12.1. The molecule has 1 heterocycles. The van der Waals surface area contributed by atoms with E-state index in [4.69, 9.17) is 8.84 Å². The molecule has 0 aliphatic carbocycles. The molecule has 0 bridgehead atoms. The lowest BCUT2D eigenvalue weighted by Crippen LogP contribution is -2.43. The van der Waals surface area contributed by atoms with Crippen LogP contribution in [-0.4, -0.2) is 8.32 Å². The Bertz CT molecular complexity index is 659. The van der Waals surface area contributed by atoms with Gasteiger partial charge in [-0.15, -0.1) is 0 Å². The monoisotopic (exact) mass is 362 g/mol. The summed E-state index contributed by atoms with van der Waals surface area (Å²) in [5, 5.41) is 0.148. The summed E-state index contributed by atoms with van der Waals surface area (Å²) in [5.74, 6) is -1.03. The Morgan fingerprint density at radius 1 is 1.20 bits per heavy atom. The number of hydrogen-bond donors (Lipinski definition) is 0. The second kappa shape index (κ2) is 4.84. The first-order valence-electron chi connectivity index (χ1n) is 6.29. The topological polar surface area (TPSA) is 22.4 Å². The SMILES string of the molecule is CC(C)(C)[Si](C)(C)Oc1c(Br)oc2cc(F)cc(F)c12. The second-order valence-corrected chi connectivity index (χ2v) is 11.8. The quantitative estimate of drug-likeness (QED) is 0.624. The maximum Gasteiger partial charge on any atom is 0.250 e. The van der Waals surface area contributed by atoms with Crippen molar-refractivity contribution in [2.45, 2.75) is 38.9 Å². The highest BCUT2D eigenvalue weighted by Gasteiger charge is 2.40. The zero-order chi connectivity index (χ0) is 15.3. The van der Waals surface area contributed by atoms with E-state index < -0.39 is 20.0 Å². The molecule has 0 aliphatic rings. The second-order valence-electron chi connectivity index (χ2n) is 6.33. The largest absolute Gasteiger partial charge is 0.540 e. The fourth-order valence-electron chi connectivity index (χ4n) is 1.59. The van der Waals surface area contributed by atoms with Crippen molar-refractivity contribution in [2.24, 2.45) is 0 Å². The Balaban J connectivity index is 2.58. The standard InChI is InChI=1S/C14H17BrF2O2Si/c1-14(2,3)20(4,5)19-12-11-9(17)6-8(16)7-10(11)18-13(12)15/h6-7H,1-5H3. The molecule has 110 valence electrons. The third kappa shape index (κ3) is 2.63. The molecule has 0 saturated carbocycles. The minimum absolute atomic E-state index is 0.0352. The van der Waals surface area contributed by atoms with Gasteiger partial charge in [0.15, 0.2) is 5.75 Å². The normalized spacial score (nSPS) is 13.0. The van der Waals surface area contributed by atoms with E-state index in [1.165, 1.54) is 0 Å². The van der Waals surface area contributed by atoms with Crippen molar-refractivity contribution < 1.29 is 17.6 Å². The van der Waals surface area contributed by atoms with Crippen LogP contribution in [-0.2, 0) is 0 Å². The van der Waals surface area contributed by atoms with Gasteiger partial charge < -0.3 is 8.84 Å². The van der Waals surface area contributed by atoms with Crippen molar-refractivity contribution in [2.75, 3.05) is 0 Å². The maximum atomic E-state index is 14.0. The first kappa shape index (κ1) is 15.5. The first-order valence-corrected chi connectivity index (χ1v) is 9.99. The lowest BCUT2D eigenvalue weighted by molar-refractivity contribution is 0.473. The molecule has 0 saturated heterocycles. The molecule has 0 N–H and O–H groups in total. The van der Waals surface area contributed by atoms with E-state index in [1.807, 2.05) is 0 Å². The minimum atomic E-state index is -2.15. The van der Waals surface area contributed by atoms with Crippen LogP contribution >= 0.6 is 15.9 Å². The molecule has 0 fully saturated rings. The van der Waals surface area contributed by atoms with E-state index in [9.17, 15) is 8.78 Å². The Hall–Kier alpha value is -0.883. The molecule has 0 unspecified atom stereocenters. The van der Waals surface area contributed by atoms with Crippen molar-refractivity contribution in [3.63, 3.8) is 0 Å². The lowest BCUT2D eigenvalue weighted by atomic mass is 10.2. The summed E-state index contributed by atoms with van der Waals surface area (Å²) >= 11 is 3.23. The molecule has 0 radical (unpaired) electrons. The fourth-order valence-corrected chi connectivity index (χ4v) is 3.21. The summed E-state index contributed by atoms with van der Waals surface area (Å²) in [6.45, 7) is 10.4. The average Bonchev–Trinajstić information content (AvgIpc) is 2.52. The smallest absolute Gasteiger partial charge is 0.250 e. The number of fused-ring (bicyclic) bond motifs is 1. The molecule has 1 aromatic heterocycles. The number of benzene rings is 1. The molecular weight excluding hydrogens is 346 g/mol. The molecule has 20 heavy (non-hydrogen) atoms. The molecule has 2 aromatic rings. The van der Waals surface area contributed by atoms with Gasteiger partial charge in [0.1, 0.15) is 17.2 Å². The van der Waals surface area contributed by atoms with Gasteiger partial charge in [-0.25, -0.2) is 8.78 Å². The highest BCUT2D eigenvalue weighted by molar-refractivity contribution is 9.10. The van der Waals surface area contributed by atoms with Crippen molar-refractivity contribution >= 4 is 35.2 Å². The minimum Gasteiger partial charge on any atom is -0.540 e. The maximum absolute atomic E-state index is 14.0. The van der Waals surface area contributed by atoms with Crippen LogP contribution in [0.3, 0.4) is 0 Å². The zero-order valence-corrected chi connectivity index (χ0v) is 14.7. The van der Waals surface area contributed by atoms with Gasteiger partial charge in [0.25, 0.3) is 8.32 Å². The van der Waals surface area contributed by atoms with Crippen LogP contribution in [0.2, 0.25) is 18.1 Å². The summed E-state index contributed by atoms with van der Waals surface area (Å²) in [5.41, 5.74) is 0.142. The third-order valence-electron chi connectivity index (χ3n) is 3.79. The molecule has 2 rings (SSSR count). The predicted molar refractivity (Wildman–Crippen MR) is 81.7 cm³/mol. The molecular formula is C14H17BrF2O2Si. The number of rotatable bonds is 2. The Morgan fingerprint density at radius 3 is 2.35 bits per heavy atom. The van der Waals surface area contributed by atoms with Gasteiger partial charge in [-0.05, 0) is 34.1 Å². The van der Waals surface area contributed by atoms with E-state index in [0.29, 0.717) is 10.4 Å². The van der Waals surface area contributed by atoms with Crippen LogP contribution in [0.4, 0.5) is 8.78 Å². The summed E-state index contributed by atoms with van der Waals surface area (Å²) < 4.78 is 39.0. The number of halogens is 3. The van der Waals surface area contributed by atoms with Crippen molar-refractivity contribution in [3.8, 4) is 5.75 Å². The van der Waals surface area contributed by atoms with Crippen molar-refractivity contribution in [1.29, 1.82) is 0 Å². The van der Waals surface area contributed by atoms with Crippen LogP contribution in [0.5, 0.6) is 5.75 Å². The van der Waals surface area contributed by atoms with Gasteiger partial charge in [-0.1, -0.05) is 20.8 Å². The van der Waals surface area contributed by atoms with Gasteiger partial charge in [0.05, 0.1) is 5.39 Å². The van der Waals surface area contributed by atoms with Gasteiger partial charge in [-0.2, -0.15) is 0 Å². The van der Waals surface area contributed by atoms with Crippen molar-refractivity contribution in [3.05, 3.63) is 28.4 Å². The van der Waals surface area contributed by atoms with E-state index >= 15 is 0 Å². The third-order valence-corrected chi connectivity index (χ3v) is 8.64. The number of furan rings is 1. The molecule has 1 aromatic carbocycles. The molecule has 0 spiro atoms. The van der Waals surface area contributed by atoms with Gasteiger partial charge in [0, 0.05) is 12.1 Å². The molecule has 6 heteroatoms. The van der Waals surface area contributed by atoms with Gasteiger partial charge in [-0.3, -0.25) is 0 Å². The summed E-state index contributed by atoms with van der Waals surface area (Å²) in [6.07, 6.45) is 0. The van der Waals surface area contributed by atoms with Crippen LogP contribution in [0.25, 0.3) is 11.0 Å². The Morgan fingerprint density at radius 2 is 1.80 bits per heavy atom. The molecule has 0 atom stereocenters. The lowest BCUT2D eigenvalue weighted by Gasteiger charge is -2.36. The van der Waals surface area contributed by atoms with Gasteiger partial charge >= 0.3 is 0 Å². The van der Waals surface area contributed by atoms with E-state index in [1.54, 1.807) is 0 Å². The molecule has 0 aliphatic heterocycles. The molecule has 0 amide bonds. The fraction of sp³-hybridized carbons (Fsp3) is 0.429. The average molecular weight is 363 g/mol. The van der Waals surface area contributed by atoms with E-state index in [-0.39, 0.29) is 16.0 Å². The van der Waals surface area contributed by atoms with Crippen LogP contribution in [0, 0.1) is 11.6 Å². The highest BCUT2D eigenvalue weighted by Crippen LogP contribution is 2.44. The van der Waals surface area contributed by atoms with E-state index in [2.05, 4.69) is 49.8 Å². The summed E-state index contributed by atoms with van der Waals surface area (Å²) in [4.78, 5) is 0. The summed E-state index contributed by atoms with van der Waals surface area (Å²) in [6, 6.07) is 1.99. The van der Waals surface area contributed by atoms with E-state index in [0.717, 1.165) is 12.1 Å². The Labute approximate surface area is 126 Å². The van der Waals surface area contributed by atoms with Crippen LogP contribution in [0.15, 0.2) is 21.2 Å². The summed E-state index contributed by atoms with van der Waals surface area (Å²) in [7, 11) is -2.15. The number of hydrogen-bond acceptors (Lipinski definition) is 2. The predicted octanol–water partition coefficient (Wildman–Crippen LogP) is 5.86.